The zero-order valence-electron chi connectivity index (χ0n) is 16.7. The number of halogens is 1. The lowest BCUT2D eigenvalue weighted by molar-refractivity contribution is -0.00000545. The highest BCUT2D eigenvalue weighted by Crippen LogP contribution is 2.67. The fraction of sp³-hybridized carbons (Fsp3) is 0.111. The van der Waals surface area contributed by atoms with Gasteiger partial charge in [0.25, 0.3) is 0 Å². The fourth-order valence-electron chi connectivity index (χ4n) is 4.38. The lowest BCUT2D eigenvalue weighted by Crippen LogP contribution is -3.00. The van der Waals surface area contributed by atoms with Gasteiger partial charge < -0.3 is 12.4 Å². The first-order valence-electron chi connectivity index (χ1n) is 9.98. The fourth-order valence-corrected chi connectivity index (χ4v) is 9.45. The van der Waals surface area contributed by atoms with E-state index in [2.05, 4.69) is 128 Å². The van der Waals surface area contributed by atoms with Gasteiger partial charge in [0, 0.05) is 0 Å². The largest absolute Gasteiger partial charge is 1.00 e. The summed E-state index contributed by atoms with van der Waals surface area (Å²) in [6, 6.07) is 44.6. The van der Waals surface area contributed by atoms with Crippen LogP contribution < -0.4 is 28.3 Å². The molecule has 0 aromatic heterocycles. The third-order valence-corrected chi connectivity index (χ3v) is 10.5. The van der Waals surface area contributed by atoms with Gasteiger partial charge in [-0.05, 0) is 48.4 Å². The quantitative estimate of drug-likeness (QED) is 0.424. The van der Waals surface area contributed by atoms with E-state index < -0.39 is 7.26 Å². The Bertz CT molecular complexity index is 889. The van der Waals surface area contributed by atoms with Crippen molar-refractivity contribution < 1.29 is 12.4 Å². The van der Waals surface area contributed by atoms with Crippen molar-refractivity contribution in [3.05, 3.63) is 127 Å². The summed E-state index contributed by atoms with van der Waals surface area (Å²) in [7, 11) is -1.89. The first-order chi connectivity index (χ1) is 13.9. The highest BCUT2D eigenvalue weighted by Gasteiger charge is 2.52. The predicted molar refractivity (Wildman–Crippen MR) is 125 cm³/mol. The van der Waals surface area contributed by atoms with Gasteiger partial charge in [-0.15, -0.1) is 0 Å². The van der Waals surface area contributed by atoms with Crippen molar-refractivity contribution in [2.45, 2.75) is 19.0 Å². The Hall–Kier alpha value is -2.40. The molecule has 0 bridgehead atoms. The van der Waals surface area contributed by atoms with Gasteiger partial charge in [-0.25, -0.2) is 0 Å². The van der Waals surface area contributed by atoms with Gasteiger partial charge in [-0.2, -0.15) is 0 Å². The van der Waals surface area contributed by atoms with Gasteiger partial charge >= 0.3 is 0 Å². The Balaban J connectivity index is 0.00000240. The SMILES string of the molecule is CCC(c1ccccc1)[P+](c1ccccc1)(c1ccccc1)c1ccccc1.[Cl-]. The van der Waals surface area contributed by atoms with E-state index in [4.69, 9.17) is 0 Å². The monoisotopic (exact) mass is 416 g/mol. The van der Waals surface area contributed by atoms with Crippen LogP contribution in [-0.4, -0.2) is 0 Å². The highest BCUT2D eigenvalue weighted by atomic mass is 35.5. The van der Waals surface area contributed by atoms with Crippen molar-refractivity contribution in [1.29, 1.82) is 0 Å². The summed E-state index contributed by atoms with van der Waals surface area (Å²) in [5.41, 5.74) is 1.86. The van der Waals surface area contributed by atoms with Gasteiger partial charge in [0.05, 0.1) is 0 Å². The summed E-state index contributed by atoms with van der Waals surface area (Å²) in [4.78, 5) is 0. The Labute approximate surface area is 181 Å². The summed E-state index contributed by atoms with van der Waals surface area (Å²) < 4.78 is 0. The summed E-state index contributed by atoms with van der Waals surface area (Å²) in [5, 5.41) is 4.34. The van der Waals surface area contributed by atoms with E-state index in [0.29, 0.717) is 5.66 Å². The Morgan fingerprint density at radius 1 is 0.517 bits per heavy atom. The summed E-state index contributed by atoms with van der Waals surface area (Å²) in [5.74, 6) is 0. The minimum atomic E-state index is -1.89. The molecule has 0 saturated heterocycles. The van der Waals surface area contributed by atoms with E-state index in [-0.39, 0.29) is 12.4 Å². The molecule has 1 atom stereocenters. The minimum absolute atomic E-state index is 0. The zero-order valence-corrected chi connectivity index (χ0v) is 18.3. The van der Waals surface area contributed by atoms with E-state index in [0.717, 1.165) is 6.42 Å². The van der Waals surface area contributed by atoms with Crippen LogP contribution in [0.2, 0.25) is 0 Å². The van der Waals surface area contributed by atoms with Crippen molar-refractivity contribution in [3.8, 4) is 0 Å². The highest BCUT2D eigenvalue weighted by molar-refractivity contribution is 7.96. The molecular formula is C27H26ClP. The van der Waals surface area contributed by atoms with Crippen molar-refractivity contribution in [2.24, 2.45) is 0 Å². The molecule has 0 spiro atoms. The average Bonchev–Trinajstić information content (AvgIpc) is 2.80. The lowest BCUT2D eigenvalue weighted by Gasteiger charge is -2.34. The molecule has 4 aromatic carbocycles. The summed E-state index contributed by atoms with van der Waals surface area (Å²) in [6.07, 6.45) is 1.09. The van der Waals surface area contributed by atoms with Gasteiger partial charge in [-0.3, -0.25) is 0 Å². The van der Waals surface area contributed by atoms with Gasteiger partial charge in [-0.1, -0.05) is 91.9 Å². The number of benzene rings is 4. The lowest BCUT2D eigenvalue weighted by atomic mass is 10.1. The van der Waals surface area contributed by atoms with Crippen molar-refractivity contribution in [2.75, 3.05) is 0 Å². The minimum Gasteiger partial charge on any atom is -1.00 e. The average molecular weight is 417 g/mol. The van der Waals surface area contributed by atoms with Crippen LogP contribution in [0.15, 0.2) is 121 Å². The van der Waals surface area contributed by atoms with Crippen LogP contribution in [0.3, 0.4) is 0 Å². The molecule has 0 saturated carbocycles. The van der Waals surface area contributed by atoms with Gasteiger partial charge in [0.1, 0.15) is 28.8 Å². The van der Waals surface area contributed by atoms with Crippen LogP contribution in [0.4, 0.5) is 0 Å². The van der Waals surface area contributed by atoms with Crippen molar-refractivity contribution in [1.82, 2.24) is 0 Å². The molecule has 1 unspecified atom stereocenters. The standard InChI is InChI=1S/C27H26P.ClH/c1-2-27(23-15-7-3-8-16-23)28(24-17-9-4-10-18-24,25-19-11-5-12-20-25)26-21-13-6-14-22-26;/h3-22,27H,2H2,1H3;1H/q+1;/p-1. The van der Waals surface area contributed by atoms with E-state index in [1.807, 2.05) is 0 Å². The number of hydrogen-bond donors (Lipinski definition) is 0. The van der Waals surface area contributed by atoms with Gasteiger partial charge in [0.15, 0.2) is 0 Å². The third-order valence-electron chi connectivity index (χ3n) is 5.53. The molecule has 0 aliphatic carbocycles. The molecule has 0 radical (unpaired) electrons. The molecule has 0 N–H and O–H groups in total. The van der Waals surface area contributed by atoms with Crippen LogP contribution in [0.25, 0.3) is 0 Å². The van der Waals surface area contributed by atoms with Gasteiger partial charge in [0.2, 0.25) is 0 Å². The van der Waals surface area contributed by atoms with E-state index in [9.17, 15) is 0 Å². The molecule has 146 valence electrons. The summed E-state index contributed by atoms with van der Waals surface area (Å²) >= 11 is 0. The maximum Gasteiger partial charge on any atom is 0.119 e. The van der Waals surface area contributed by atoms with Crippen LogP contribution in [-0.2, 0) is 0 Å². The first-order valence-corrected chi connectivity index (χ1v) is 11.8. The molecule has 2 heteroatoms. The van der Waals surface area contributed by atoms with Crippen LogP contribution in [0.5, 0.6) is 0 Å². The molecule has 0 aliphatic rings. The molecular weight excluding hydrogens is 391 g/mol. The normalized spacial score (nSPS) is 12.0. The second-order valence-electron chi connectivity index (χ2n) is 7.06. The van der Waals surface area contributed by atoms with Crippen LogP contribution in [0, 0.1) is 0 Å². The van der Waals surface area contributed by atoms with Crippen molar-refractivity contribution >= 4 is 23.2 Å². The second-order valence-corrected chi connectivity index (χ2v) is 10.7. The van der Waals surface area contributed by atoms with Crippen molar-refractivity contribution in [3.63, 3.8) is 0 Å². The molecule has 0 aliphatic heterocycles. The Morgan fingerprint density at radius 3 is 1.14 bits per heavy atom. The summed E-state index contributed by atoms with van der Waals surface area (Å²) in [6.45, 7) is 2.33. The molecule has 29 heavy (non-hydrogen) atoms. The number of rotatable bonds is 6. The molecule has 0 heterocycles. The second kappa shape index (κ2) is 9.88. The Morgan fingerprint density at radius 2 is 0.828 bits per heavy atom. The molecule has 0 fully saturated rings. The maximum absolute atomic E-state index is 2.33. The van der Waals surface area contributed by atoms with E-state index >= 15 is 0 Å². The van der Waals surface area contributed by atoms with E-state index in [1.165, 1.54) is 21.5 Å². The molecule has 0 nitrogen and oxygen atoms in total. The van der Waals surface area contributed by atoms with Crippen LogP contribution >= 0.6 is 7.26 Å². The maximum atomic E-state index is 2.33. The first kappa shape index (κ1) is 21.3. The molecule has 4 aromatic rings. The smallest absolute Gasteiger partial charge is 0.119 e. The zero-order chi connectivity index (χ0) is 19.2. The molecule has 0 amide bonds. The predicted octanol–water partition coefficient (Wildman–Crippen LogP) is 3.14. The van der Waals surface area contributed by atoms with Crippen LogP contribution in [0.1, 0.15) is 24.6 Å². The number of hydrogen-bond acceptors (Lipinski definition) is 0. The topological polar surface area (TPSA) is 0 Å². The Kier molecular flexibility index (Phi) is 7.26. The van der Waals surface area contributed by atoms with E-state index in [1.54, 1.807) is 0 Å². The third kappa shape index (κ3) is 4.01. The molecule has 4 rings (SSSR count).